The number of piperidine rings is 1. The molecule has 1 N–H and O–H groups in total. The number of methoxy groups -OCH3 is 1. The Balaban J connectivity index is 1.64. The molecule has 1 aliphatic heterocycles. The number of hydrogen-bond donors (Lipinski definition) is 1. The quantitative estimate of drug-likeness (QED) is 0.835. The van der Waals surface area contributed by atoms with Crippen LogP contribution in [-0.2, 0) is 16.0 Å². The first-order chi connectivity index (χ1) is 10.7. The topological polar surface area (TPSA) is 58.6 Å². The fourth-order valence-corrected chi connectivity index (χ4v) is 2.57. The summed E-state index contributed by atoms with van der Waals surface area (Å²) in [5, 5.41) is 2.89. The van der Waals surface area contributed by atoms with Crippen LogP contribution in [0.3, 0.4) is 0 Å². The fourth-order valence-electron chi connectivity index (χ4n) is 2.57. The number of ether oxygens (including phenoxy) is 1. The van der Waals surface area contributed by atoms with Crippen molar-refractivity contribution in [1.82, 2.24) is 10.2 Å². The highest BCUT2D eigenvalue weighted by molar-refractivity contribution is 5.77. The van der Waals surface area contributed by atoms with Gasteiger partial charge in [-0.25, -0.2) is 0 Å². The first-order valence-electron chi connectivity index (χ1n) is 7.86. The van der Waals surface area contributed by atoms with E-state index in [0.29, 0.717) is 32.4 Å². The summed E-state index contributed by atoms with van der Waals surface area (Å²) in [6.45, 7) is 1.97. The van der Waals surface area contributed by atoms with E-state index in [1.807, 2.05) is 29.2 Å². The molecule has 0 aromatic heterocycles. The van der Waals surface area contributed by atoms with E-state index in [0.717, 1.165) is 30.7 Å². The van der Waals surface area contributed by atoms with Gasteiger partial charge in [0.2, 0.25) is 11.8 Å². The van der Waals surface area contributed by atoms with Gasteiger partial charge in [0.15, 0.2) is 0 Å². The lowest BCUT2D eigenvalue weighted by Gasteiger charge is -2.26. The van der Waals surface area contributed by atoms with Gasteiger partial charge in [0.1, 0.15) is 5.75 Å². The standard InChI is InChI=1S/C17H24N2O3/c1-22-15-8-5-14(6-9-15)7-10-16(20)18-11-13-19-12-3-2-4-17(19)21/h5-6,8-9H,2-4,7,10-13H2,1H3,(H,18,20). The molecule has 0 atom stereocenters. The predicted molar refractivity (Wildman–Crippen MR) is 84.8 cm³/mol. The SMILES string of the molecule is COc1ccc(CCC(=O)NCCN2CCCCC2=O)cc1. The minimum atomic E-state index is 0.0280. The van der Waals surface area contributed by atoms with E-state index in [2.05, 4.69) is 5.32 Å². The van der Waals surface area contributed by atoms with E-state index in [1.165, 1.54) is 0 Å². The van der Waals surface area contributed by atoms with Crippen LogP contribution in [0.4, 0.5) is 0 Å². The fraction of sp³-hybridized carbons (Fsp3) is 0.529. The average Bonchev–Trinajstić information content (AvgIpc) is 2.55. The Bertz CT molecular complexity index is 499. The molecule has 2 rings (SSSR count). The van der Waals surface area contributed by atoms with Crippen molar-refractivity contribution >= 4 is 11.8 Å². The molecule has 0 unspecified atom stereocenters. The van der Waals surface area contributed by atoms with Crippen LogP contribution < -0.4 is 10.1 Å². The van der Waals surface area contributed by atoms with Crippen molar-refractivity contribution in [2.75, 3.05) is 26.7 Å². The highest BCUT2D eigenvalue weighted by atomic mass is 16.5. The smallest absolute Gasteiger partial charge is 0.222 e. The summed E-state index contributed by atoms with van der Waals surface area (Å²) in [5.74, 6) is 1.05. The van der Waals surface area contributed by atoms with Gasteiger partial charge in [-0.05, 0) is 37.0 Å². The van der Waals surface area contributed by atoms with E-state index in [9.17, 15) is 9.59 Å². The Hall–Kier alpha value is -2.04. The zero-order chi connectivity index (χ0) is 15.8. The van der Waals surface area contributed by atoms with Gasteiger partial charge >= 0.3 is 0 Å². The number of benzene rings is 1. The third-order valence-electron chi connectivity index (χ3n) is 3.93. The molecule has 0 spiro atoms. The van der Waals surface area contributed by atoms with Crippen molar-refractivity contribution < 1.29 is 14.3 Å². The monoisotopic (exact) mass is 304 g/mol. The third kappa shape index (κ3) is 5.06. The molecule has 1 heterocycles. The number of aryl methyl sites for hydroxylation is 1. The molecule has 1 fully saturated rings. The molecule has 1 aromatic rings. The number of carbonyl (C=O) groups excluding carboxylic acids is 2. The van der Waals surface area contributed by atoms with Crippen LogP contribution in [0.25, 0.3) is 0 Å². The second-order valence-electron chi connectivity index (χ2n) is 5.54. The Morgan fingerprint density at radius 1 is 1.27 bits per heavy atom. The summed E-state index contributed by atoms with van der Waals surface area (Å²) < 4.78 is 5.10. The summed E-state index contributed by atoms with van der Waals surface area (Å²) >= 11 is 0. The van der Waals surface area contributed by atoms with Crippen LogP contribution >= 0.6 is 0 Å². The highest BCUT2D eigenvalue weighted by Crippen LogP contribution is 2.12. The Kier molecular flexibility index (Phi) is 6.25. The van der Waals surface area contributed by atoms with Gasteiger partial charge in [0.25, 0.3) is 0 Å². The summed E-state index contributed by atoms with van der Waals surface area (Å²) in [7, 11) is 1.63. The zero-order valence-electron chi connectivity index (χ0n) is 13.1. The van der Waals surface area contributed by atoms with E-state index >= 15 is 0 Å². The van der Waals surface area contributed by atoms with Crippen molar-refractivity contribution in [2.45, 2.75) is 32.1 Å². The lowest BCUT2D eigenvalue weighted by molar-refractivity contribution is -0.133. The maximum atomic E-state index is 11.8. The second kappa shape index (κ2) is 8.41. The van der Waals surface area contributed by atoms with Gasteiger partial charge in [-0.15, -0.1) is 0 Å². The number of nitrogens with zero attached hydrogens (tertiary/aromatic N) is 1. The van der Waals surface area contributed by atoms with Gasteiger partial charge in [-0.2, -0.15) is 0 Å². The molecule has 0 radical (unpaired) electrons. The van der Waals surface area contributed by atoms with Gasteiger partial charge in [-0.1, -0.05) is 12.1 Å². The lowest BCUT2D eigenvalue weighted by atomic mass is 10.1. The molecule has 5 heteroatoms. The molecule has 22 heavy (non-hydrogen) atoms. The lowest BCUT2D eigenvalue weighted by Crippen LogP contribution is -2.41. The Morgan fingerprint density at radius 2 is 2.05 bits per heavy atom. The van der Waals surface area contributed by atoms with Crippen molar-refractivity contribution in [3.63, 3.8) is 0 Å². The van der Waals surface area contributed by atoms with Crippen LogP contribution in [0.15, 0.2) is 24.3 Å². The number of nitrogens with one attached hydrogen (secondary N) is 1. The first-order valence-corrected chi connectivity index (χ1v) is 7.86. The average molecular weight is 304 g/mol. The van der Waals surface area contributed by atoms with Crippen LogP contribution in [0, 0.1) is 0 Å². The van der Waals surface area contributed by atoms with E-state index in [4.69, 9.17) is 4.74 Å². The molecule has 1 aromatic carbocycles. The van der Waals surface area contributed by atoms with Gasteiger partial charge in [0, 0.05) is 32.5 Å². The Morgan fingerprint density at radius 3 is 2.73 bits per heavy atom. The van der Waals surface area contributed by atoms with Crippen LogP contribution in [0.2, 0.25) is 0 Å². The van der Waals surface area contributed by atoms with E-state index in [-0.39, 0.29) is 11.8 Å². The largest absolute Gasteiger partial charge is 0.497 e. The second-order valence-corrected chi connectivity index (χ2v) is 5.54. The Labute approximate surface area is 131 Å². The minimum absolute atomic E-state index is 0.0280. The zero-order valence-corrected chi connectivity index (χ0v) is 13.1. The van der Waals surface area contributed by atoms with Crippen LogP contribution in [0.1, 0.15) is 31.2 Å². The molecular weight excluding hydrogens is 280 g/mol. The van der Waals surface area contributed by atoms with Gasteiger partial charge in [-0.3, -0.25) is 9.59 Å². The minimum Gasteiger partial charge on any atom is -0.497 e. The van der Waals surface area contributed by atoms with E-state index < -0.39 is 0 Å². The molecule has 0 bridgehead atoms. The first kappa shape index (κ1) is 16.3. The maximum absolute atomic E-state index is 11.8. The van der Waals surface area contributed by atoms with Crippen LogP contribution in [0.5, 0.6) is 5.75 Å². The number of likely N-dealkylation sites (tertiary alicyclic amines) is 1. The van der Waals surface area contributed by atoms with E-state index in [1.54, 1.807) is 7.11 Å². The number of rotatable bonds is 7. The predicted octanol–water partition coefficient (Wildman–Crippen LogP) is 1.76. The molecule has 120 valence electrons. The summed E-state index contributed by atoms with van der Waals surface area (Å²) in [6, 6.07) is 7.74. The summed E-state index contributed by atoms with van der Waals surface area (Å²) in [6.07, 6.45) is 3.87. The highest BCUT2D eigenvalue weighted by Gasteiger charge is 2.17. The molecule has 1 aliphatic rings. The molecular formula is C17H24N2O3. The molecule has 2 amide bonds. The van der Waals surface area contributed by atoms with Crippen molar-refractivity contribution in [2.24, 2.45) is 0 Å². The third-order valence-corrected chi connectivity index (χ3v) is 3.93. The summed E-state index contributed by atoms with van der Waals surface area (Å²) in [4.78, 5) is 25.3. The molecule has 5 nitrogen and oxygen atoms in total. The number of amides is 2. The number of carbonyl (C=O) groups is 2. The van der Waals surface area contributed by atoms with Gasteiger partial charge < -0.3 is 15.0 Å². The van der Waals surface area contributed by atoms with Crippen LogP contribution in [-0.4, -0.2) is 43.5 Å². The van der Waals surface area contributed by atoms with Crippen molar-refractivity contribution in [3.8, 4) is 5.75 Å². The van der Waals surface area contributed by atoms with Gasteiger partial charge in [0.05, 0.1) is 7.11 Å². The molecule has 0 aliphatic carbocycles. The number of hydrogen-bond acceptors (Lipinski definition) is 3. The maximum Gasteiger partial charge on any atom is 0.222 e. The molecule has 0 saturated carbocycles. The van der Waals surface area contributed by atoms with Crippen molar-refractivity contribution in [1.29, 1.82) is 0 Å². The van der Waals surface area contributed by atoms with Crippen molar-refractivity contribution in [3.05, 3.63) is 29.8 Å². The molecule has 1 saturated heterocycles. The normalized spacial score (nSPS) is 14.8. The summed E-state index contributed by atoms with van der Waals surface area (Å²) in [5.41, 5.74) is 1.11.